The molecule has 1 N–H and O–H groups in total. The molecule has 4 nitrogen and oxygen atoms in total. The van der Waals surface area contributed by atoms with Crippen LogP contribution in [0.3, 0.4) is 0 Å². The number of nitrogens with zero attached hydrogens (tertiary/aromatic N) is 2. The molecular weight excluding hydrogens is 296 g/mol. The monoisotopic (exact) mass is 316 g/mol. The first-order valence-corrected chi connectivity index (χ1v) is 8.37. The molecule has 116 valence electrons. The number of anilines is 1. The number of thiophene rings is 1. The summed E-state index contributed by atoms with van der Waals surface area (Å²) in [7, 11) is 0. The maximum absolute atomic E-state index is 12.7. The predicted molar refractivity (Wildman–Crippen MR) is 89.4 cm³/mol. The van der Waals surface area contributed by atoms with Crippen LogP contribution in [0, 0.1) is 6.92 Å². The fourth-order valence-corrected chi connectivity index (χ4v) is 3.86. The van der Waals surface area contributed by atoms with E-state index in [4.69, 9.17) is 0 Å². The number of urea groups is 1. The summed E-state index contributed by atoms with van der Waals surface area (Å²) in [5, 5.41) is 12.4. The van der Waals surface area contributed by atoms with Gasteiger partial charge in [0, 0.05) is 18.7 Å². The third kappa shape index (κ3) is 2.87. The number of rotatable bonds is 5. The number of amides is 2. The molecule has 0 unspecified atom stereocenters. The van der Waals surface area contributed by atoms with Crippen LogP contribution in [0.15, 0.2) is 35.7 Å². The molecule has 5 heteroatoms. The summed E-state index contributed by atoms with van der Waals surface area (Å²) in [6, 6.07) is 10.2. The van der Waals surface area contributed by atoms with E-state index in [1.54, 1.807) is 16.2 Å². The van der Waals surface area contributed by atoms with Gasteiger partial charge in [-0.1, -0.05) is 30.3 Å². The second kappa shape index (κ2) is 6.50. The summed E-state index contributed by atoms with van der Waals surface area (Å²) in [4.78, 5) is 16.2. The van der Waals surface area contributed by atoms with E-state index in [0.717, 1.165) is 11.4 Å². The first kappa shape index (κ1) is 15.1. The summed E-state index contributed by atoms with van der Waals surface area (Å²) in [6.45, 7) is 3.73. The van der Waals surface area contributed by atoms with Gasteiger partial charge in [-0.2, -0.15) is 0 Å². The van der Waals surface area contributed by atoms with Crippen molar-refractivity contribution in [3.05, 3.63) is 52.4 Å². The molecule has 0 spiro atoms. The van der Waals surface area contributed by atoms with Crippen molar-refractivity contribution in [2.45, 2.75) is 19.9 Å². The fourth-order valence-electron chi connectivity index (χ4n) is 2.77. The predicted octanol–water partition coefficient (Wildman–Crippen LogP) is 3.03. The zero-order valence-corrected chi connectivity index (χ0v) is 13.5. The molecule has 0 fully saturated rings. The molecule has 0 aliphatic carbocycles. The number of aliphatic hydroxyl groups excluding tert-OH is 1. The lowest BCUT2D eigenvalue weighted by Crippen LogP contribution is -2.48. The lowest BCUT2D eigenvalue weighted by molar-refractivity contribution is 0.176. The zero-order valence-electron chi connectivity index (χ0n) is 12.7. The van der Waals surface area contributed by atoms with E-state index < -0.39 is 0 Å². The minimum absolute atomic E-state index is 0.000619. The van der Waals surface area contributed by atoms with E-state index in [1.807, 2.05) is 23.1 Å². The van der Waals surface area contributed by atoms with Gasteiger partial charge in [-0.3, -0.25) is 4.90 Å². The van der Waals surface area contributed by atoms with Crippen molar-refractivity contribution in [1.29, 1.82) is 0 Å². The van der Waals surface area contributed by atoms with E-state index in [0.29, 0.717) is 19.6 Å². The van der Waals surface area contributed by atoms with Crippen LogP contribution in [0.25, 0.3) is 0 Å². The summed E-state index contributed by atoms with van der Waals surface area (Å²) < 4.78 is 0. The Bertz CT molecular complexity index is 654. The van der Waals surface area contributed by atoms with Crippen LogP contribution < -0.4 is 4.90 Å². The molecule has 0 saturated carbocycles. The van der Waals surface area contributed by atoms with Gasteiger partial charge in [0.05, 0.1) is 13.2 Å². The van der Waals surface area contributed by atoms with E-state index in [-0.39, 0.29) is 12.6 Å². The van der Waals surface area contributed by atoms with E-state index in [1.165, 1.54) is 16.7 Å². The molecule has 1 aliphatic heterocycles. The van der Waals surface area contributed by atoms with Crippen molar-refractivity contribution < 1.29 is 9.90 Å². The van der Waals surface area contributed by atoms with E-state index in [2.05, 4.69) is 24.4 Å². The Kier molecular flexibility index (Phi) is 4.45. The molecule has 2 heterocycles. The lowest BCUT2D eigenvalue weighted by Gasteiger charge is -2.35. The smallest absolute Gasteiger partial charge is 0.325 e. The van der Waals surface area contributed by atoms with Crippen LogP contribution >= 0.6 is 11.3 Å². The third-order valence-electron chi connectivity index (χ3n) is 4.01. The zero-order chi connectivity index (χ0) is 15.5. The van der Waals surface area contributed by atoms with Gasteiger partial charge in [0.25, 0.3) is 0 Å². The quantitative estimate of drug-likeness (QED) is 0.921. The maximum Gasteiger partial charge on any atom is 0.325 e. The molecule has 0 atom stereocenters. The molecular formula is C17H20N2O2S. The molecule has 22 heavy (non-hydrogen) atoms. The number of carbonyl (C=O) groups is 1. The second-order valence-electron chi connectivity index (χ2n) is 5.52. The first-order chi connectivity index (χ1) is 10.7. The lowest BCUT2D eigenvalue weighted by atomic mass is 10.1. The average molecular weight is 316 g/mol. The topological polar surface area (TPSA) is 43.8 Å². The highest BCUT2D eigenvalue weighted by Gasteiger charge is 2.31. The standard InChI is InChI=1S/C17H20N2O2S/c1-13-12-22-16-15(13)11-18(9-10-20)17(21)19(16)8-7-14-5-3-2-4-6-14/h2-6,12,20H,7-11H2,1H3. The highest BCUT2D eigenvalue weighted by atomic mass is 32.1. The van der Waals surface area contributed by atoms with Gasteiger partial charge in [-0.15, -0.1) is 11.3 Å². The van der Waals surface area contributed by atoms with Crippen LogP contribution in [0.1, 0.15) is 16.7 Å². The van der Waals surface area contributed by atoms with Gasteiger partial charge < -0.3 is 10.0 Å². The fraction of sp³-hybridized carbons (Fsp3) is 0.353. The number of hydrogen-bond donors (Lipinski definition) is 1. The second-order valence-corrected chi connectivity index (χ2v) is 6.38. The van der Waals surface area contributed by atoms with Crippen molar-refractivity contribution in [1.82, 2.24) is 4.90 Å². The Labute approximate surface area is 134 Å². The number of hydrogen-bond acceptors (Lipinski definition) is 3. The van der Waals surface area contributed by atoms with Crippen LogP contribution in [0.4, 0.5) is 9.80 Å². The third-order valence-corrected chi connectivity index (χ3v) is 5.18. The molecule has 1 aliphatic rings. The number of aryl methyl sites for hydroxylation is 1. The molecule has 0 saturated heterocycles. The Hall–Kier alpha value is -1.85. The molecule has 2 amide bonds. The first-order valence-electron chi connectivity index (χ1n) is 7.49. The Balaban J connectivity index is 1.82. The number of β-amino-alcohol motifs (C(OH)–C–C–N with tert-alkyl or cyclic N) is 1. The van der Waals surface area contributed by atoms with Gasteiger partial charge in [0.2, 0.25) is 0 Å². The van der Waals surface area contributed by atoms with E-state index in [9.17, 15) is 9.90 Å². The minimum Gasteiger partial charge on any atom is -0.395 e. The van der Waals surface area contributed by atoms with Crippen molar-refractivity contribution >= 4 is 22.4 Å². The van der Waals surface area contributed by atoms with Gasteiger partial charge in [0.1, 0.15) is 5.00 Å². The van der Waals surface area contributed by atoms with Gasteiger partial charge in [-0.05, 0) is 29.9 Å². The highest BCUT2D eigenvalue weighted by molar-refractivity contribution is 7.14. The normalized spacial score (nSPS) is 14.4. The van der Waals surface area contributed by atoms with Crippen molar-refractivity contribution in [3.63, 3.8) is 0 Å². The van der Waals surface area contributed by atoms with E-state index >= 15 is 0 Å². The van der Waals surface area contributed by atoms with Gasteiger partial charge in [0.15, 0.2) is 0 Å². The highest BCUT2D eigenvalue weighted by Crippen LogP contribution is 2.36. The van der Waals surface area contributed by atoms with Gasteiger partial charge in [-0.25, -0.2) is 4.79 Å². The Morgan fingerprint density at radius 2 is 2.00 bits per heavy atom. The van der Waals surface area contributed by atoms with Gasteiger partial charge >= 0.3 is 6.03 Å². The minimum atomic E-state index is -0.00319. The average Bonchev–Trinajstić information content (AvgIpc) is 2.90. The van der Waals surface area contributed by atoms with Crippen molar-refractivity contribution in [3.8, 4) is 0 Å². The molecule has 1 aromatic heterocycles. The molecule has 0 bridgehead atoms. The van der Waals surface area contributed by atoms with Crippen LogP contribution in [-0.2, 0) is 13.0 Å². The number of benzene rings is 1. The summed E-state index contributed by atoms with van der Waals surface area (Å²) >= 11 is 1.64. The maximum atomic E-state index is 12.7. The molecule has 2 aromatic rings. The number of carbonyl (C=O) groups excluding carboxylic acids is 1. The van der Waals surface area contributed by atoms with Crippen molar-refractivity contribution in [2.24, 2.45) is 0 Å². The van der Waals surface area contributed by atoms with Crippen molar-refractivity contribution in [2.75, 3.05) is 24.6 Å². The summed E-state index contributed by atoms with van der Waals surface area (Å²) in [5.74, 6) is 0. The Morgan fingerprint density at radius 3 is 2.73 bits per heavy atom. The van der Waals surface area contributed by atoms with Crippen LogP contribution in [0.5, 0.6) is 0 Å². The summed E-state index contributed by atoms with van der Waals surface area (Å²) in [6.07, 6.45) is 0.829. The number of fused-ring (bicyclic) bond motifs is 1. The van der Waals surface area contributed by atoms with Crippen LogP contribution in [0.2, 0.25) is 0 Å². The molecule has 1 aromatic carbocycles. The summed E-state index contributed by atoms with van der Waals surface area (Å²) in [5.41, 5.74) is 3.66. The van der Waals surface area contributed by atoms with Crippen LogP contribution in [-0.4, -0.2) is 35.7 Å². The SMILES string of the molecule is Cc1csc2c1CN(CCO)C(=O)N2CCc1ccccc1. The Morgan fingerprint density at radius 1 is 1.23 bits per heavy atom. The number of aliphatic hydroxyl groups is 1. The molecule has 0 radical (unpaired) electrons. The molecule has 3 rings (SSSR count). The largest absolute Gasteiger partial charge is 0.395 e.